The molecule has 2 aliphatic rings. The summed E-state index contributed by atoms with van der Waals surface area (Å²) in [5, 5.41) is 0. The van der Waals surface area contributed by atoms with Crippen molar-refractivity contribution >= 4 is 47.8 Å². The van der Waals surface area contributed by atoms with Gasteiger partial charge in [-0.3, -0.25) is 33.6 Å². The zero-order valence-corrected chi connectivity index (χ0v) is 29.1. The minimum absolute atomic E-state index is 0.310. The molecular formula is C31H42O20. The quantitative estimate of drug-likeness (QED) is 0.0827. The summed E-state index contributed by atoms with van der Waals surface area (Å²) in [6.07, 6.45) is -15.1. The molecule has 20 heteroatoms. The number of hydrogen-bond donors (Lipinski definition) is 0. The van der Waals surface area contributed by atoms with Gasteiger partial charge in [-0.05, 0) is 0 Å². The molecule has 286 valence electrons. The highest BCUT2D eigenvalue weighted by Gasteiger charge is 2.57. The first kappa shape index (κ1) is 42.5. The van der Waals surface area contributed by atoms with E-state index in [9.17, 15) is 38.4 Å². The van der Waals surface area contributed by atoms with E-state index in [0.717, 1.165) is 54.5 Å². The van der Waals surface area contributed by atoms with Gasteiger partial charge in [0.05, 0.1) is 6.61 Å². The molecule has 0 aliphatic carbocycles. The maximum atomic E-state index is 12.5. The summed E-state index contributed by atoms with van der Waals surface area (Å²) in [6.45, 7) is 8.75. The van der Waals surface area contributed by atoms with Gasteiger partial charge in [0.15, 0.2) is 43.1 Å². The van der Waals surface area contributed by atoms with Crippen LogP contribution in [0.3, 0.4) is 0 Å². The molecule has 0 saturated carbocycles. The second kappa shape index (κ2) is 20.3. The van der Waals surface area contributed by atoms with E-state index in [-0.39, 0.29) is 13.2 Å². The van der Waals surface area contributed by atoms with Crippen LogP contribution in [-0.4, -0.2) is 136 Å². The zero-order chi connectivity index (χ0) is 38.4. The van der Waals surface area contributed by atoms with Crippen LogP contribution in [0.5, 0.6) is 0 Å². The predicted molar refractivity (Wildman–Crippen MR) is 160 cm³/mol. The molecule has 20 nitrogen and oxygen atoms in total. The number of ether oxygens (including phenoxy) is 12. The van der Waals surface area contributed by atoms with Gasteiger partial charge in [-0.15, -0.1) is 0 Å². The Bertz CT molecular complexity index is 1300. The van der Waals surface area contributed by atoms with Crippen LogP contribution in [-0.2, 0) is 95.2 Å². The van der Waals surface area contributed by atoms with Crippen LogP contribution in [0, 0.1) is 0 Å². The Balaban J connectivity index is 2.68. The van der Waals surface area contributed by atoms with Crippen molar-refractivity contribution in [3.63, 3.8) is 0 Å². The van der Waals surface area contributed by atoms with Crippen LogP contribution in [0.4, 0.5) is 0 Å². The second-order valence-corrected chi connectivity index (χ2v) is 10.9. The van der Waals surface area contributed by atoms with Crippen LogP contribution >= 0.6 is 0 Å². The highest BCUT2D eigenvalue weighted by Crippen LogP contribution is 2.35. The molecule has 0 radical (unpaired) electrons. The molecule has 2 rings (SSSR count). The van der Waals surface area contributed by atoms with E-state index in [0.29, 0.717) is 0 Å². The number of rotatable bonds is 16. The fraction of sp³-hybridized carbons (Fsp3) is 0.677. The monoisotopic (exact) mass is 734 g/mol. The Morgan fingerprint density at radius 3 is 1.33 bits per heavy atom. The third-order valence-electron chi connectivity index (χ3n) is 6.66. The molecule has 0 aromatic carbocycles. The fourth-order valence-electron chi connectivity index (χ4n) is 4.97. The summed E-state index contributed by atoms with van der Waals surface area (Å²) in [7, 11) is 0. The van der Waals surface area contributed by atoms with Gasteiger partial charge < -0.3 is 56.8 Å². The molecule has 0 aromatic heterocycles. The Morgan fingerprint density at radius 1 is 0.490 bits per heavy atom. The van der Waals surface area contributed by atoms with Gasteiger partial charge in [0.25, 0.3) is 0 Å². The lowest BCUT2D eigenvalue weighted by atomic mass is 9.96. The summed E-state index contributed by atoms with van der Waals surface area (Å²) in [4.78, 5) is 96.6. The first-order chi connectivity index (χ1) is 23.9. The van der Waals surface area contributed by atoms with Gasteiger partial charge in [-0.2, -0.15) is 0 Å². The normalized spacial score (nSPS) is 28.5. The average molecular weight is 735 g/mol. The fourth-order valence-corrected chi connectivity index (χ4v) is 4.97. The predicted octanol–water partition coefficient (Wildman–Crippen LogP) is -0.648. The molecule has 0 bridgehead atoms. The molecule has 2 heterocycles. The average Bonchev–Trinajstić information content (AvgIpc) is 3.01. The van der Waals surface area contributed by atoms with Crippen molar-refractivity contribution in [2.45, 2.75) is 110 Å². The van der Waals surface area contributed by atoms with E-state index in [4.69, 9.17) is 56.8 Å². The zero-order valence-electron chi connectivity index (χ0n) is 29.1. The first-order valence-corrected chi connectivity index (χ1v) is 15.4. The standard InChI is InChI=1S/C31H42O20/c1-9-23(39)40-10-11-41-30-28(47-19(7)37)27(46-18(6)36)25(22(49-30)13-43-15(3)33)51-31-29(48-20(8)38)26(45-17(5)35)24(44-16(4)34)21(50-31)12-42-14(2)32/h9,21-22,24-31H,1,10-13H2,2-8H3/t21-,22-,24+,25-,26+,27-,28-,29-,30-,31+/m1/s1. The Labute approximate surface area is 292 Å². The minimum Gasteiger partial charge on any atom is -0.463 e. The van der Waals surface area contributed by atoms with Crippen molar-refractivity contribution in [3.05, 3.63) is 12.7 Å². The molecule has 0 spiro atoms. The second-order valence-electron chi connectivity index (χ2n) is 10.9. The minimum atomic E-state index is -1.83. The van der Waals surface area contributed by atoms with Crippen molar-refractivity contribution in [2.75, 3.05) is 26.4 Å². The third-order valence-corrected chi connectivity index (χ3v) is 6.66. The van der Waals surface area contributed by atoms with E-state index < -0.39 is 122 Å². The van der Waals surface area contributed by atoms with E-state index in [1.165, 1.54) is 0 Å². The van der Waals surface area contributed by atoms with Crippen LogP contribution in [0.25, 0.3) is 0 Å². The topological polar surface area (TPSA) is 247 Å². The third kappa shape index (κ3) is 13.9. The molecule has 2 aliphatic heterocycles. The van der Waals surface area contributed by atoms with Gasteiger partial charge >= 0.3 is 47.8 Å². The molecule has 0 aromatic rings. The van der Waals surface area contributed by atoms with Crippen molar-refractivity contribution in [1.29, 1.82) is 0 Å². The smallest absolute Gasteiger partial charge is 0.330 e. The van der Waals surface area contributed by atoms with E-state index in [1.807, 2.05) is 0 Å². The SMILES string of the molecule is C=CC(=O)OCCO[C@@H]1O[C@H](COC(C)=O)[C@@H](O[C@@H]2O[C@H](COC(C)=O)[C@H](OC(C)=O)[C@H](OC(C)=O)[C@H]2OC(C)=O)[C@@H](OC(C)=O)[C@H]1OC(C)=O. The molecule has 0 N–H and O–H groups in total. The highest BCUT2D eigenvalue weighted by molar-refractivity contribution is 5.81. The summed E-state index contributed by atoms with van der Waals surface area (Å²) >= 11 is 0. The molecule has 0 unspecified atom stereocenters. The van der Waals surface area contributed by atoms with Crippen molar-refractivity contribution in [1.82, 2.24) is 0 Å². The summed E-state index contributed by atoms with van der Waals surface area (Å²) < 4.78 is 66.3. The number of hydrogen-bond acceptors (Lipinski definition) is 20. The lowest BCUT2D eigenvalue weighted by Gasteiger charge is -2.48. The van der Waals surface area contributed by atoms with Gasteiger partial charge in [-0.25, -0.2) is 4.79 Å². The Kier molecular flexibility index (Phi) is 16.9. The van der Waals surface area contributed by atoms with Crippen LogP contribution in [0.15, 0.2) is 12.7 Å². The van der Waals surface area contributed by atoms with Crippen molar-refractivity contribution < 1.29 is 95.2 Å². The molecule has 10 atom stereocenters. The lowest BCUT2D eigenvalue weighted by molar-refractivity contribution is -0.361. The molecule has 2 fully saturated rings. The van der Waals surface area contributed by atoms with E-state index in [1.54, 1.807) is 0 Å². The lowest BCUT2D eigenvalue weighted by Crippen LogP contribution is -2.67. The van der Waals surface area contributed by atoms with Gasteiger partial charge in [0.1, 0.15) is 38.1 Å². The van der Waals surface area contributed by atoms with Crippen molar-refractivity contribution in [2.24, 2.45) is 0 Å². The molecule has 51 heavy (non-hydrogen) atoms. The molecular weight excluding hydrogens is 692 g/mol. The molecule has 0 amide bonds. The van der Waals surface area contributed by atoms with Crippen LogP contribution < -0.4 is 0 Å². The van der Waals surface area contributed by atoms with Gasteiger partial charge in [0.2, 0.25) is 0 Å². The summed E-state index contributed by atoms with van der Waals surface area (Å²) in [6, 6.07) is 0. The van der Waals surface area contributed by atoms with Crippen LogP contribution in [0.2, 0.25) is 0 Å². The van der Waals surface area contributed by atoms with Crippen molar-refractivity contribution in [3.8, 4) is 0 Å². The summed E-state index contributed by atoms with van der Waals surface area (Å²) in [5.41, 5.74) is 0. The van der Waals surface area contributed by atoms with Crippen LogP contribution in [0.1, 0.15) is 48.5 Å². The maximum Gasteiger partial charge on any atom is 0.330 e. The van der Waals surface area contributed by atoms with Gasteiger partial charge in [0, 0.05) is 54.5 Å². The Hall–Kier alpha value is -4.66. The number of esters is 8. The molecule has 2 saturated heterocycles. The first-order valence-electron chi connectivity index (χ1n) is 15.4. The largest absolute Gasteiger partial charge is 0.463 e. The van der Waals surface area contributed by atoms with E-state index >= 15 is 0 Å². The van der Waals surface area contributed by atoms with Gasteiger partial charge in [-0.1, -0.05) is 6.58 Å². The van der Waals surface area contributed by atoms with E-state index in [2.05, 4.69) is 6.58 Å². The summed E-state index contributed by atoms with van der Waals surface area (Å²) in [5.74, 6) is -6.84. The number of carbonyl (C=O) groups excluding carboxylic acids is 8. The number of carbonyl (C=O) groups is 8. The highest BCUT2D eigenvalue weighted by atomic mass is 16.8. The maximum absolute atomic E-state index is 12.5. The Morgan fingerprint density at radius 2 is 0.882 bits per heavy atom.